The van der Waals surface area contributed by atoms with E-state index in [1.54, 1.807) is 0 Å². The van der Waals surface area contributed by atoms with Gasteiger partial charge in [0, 0.05) is 13.0 Å². The molecule has 0 aromatic carbocycles. The van der Waals surface area contributed by atoms with Gasteiger partial charge in [-0.05, 0) is 5.41 Å². The van der Waals surface area contributed by atoms with Crippen molar-refractivity contribution in [2.24, 2.45) is 16.9 Å². The molecular weight excluding hydrogens is 260 g/mol. The molecule has 4 amide bonds. The molecule has 0 rings (SSSR count). The van der Waals surface area contributed by atoms with Crippen molar-refractivity contribution < 1.29 is 14.4 Å². The van der Waals surface area contributed by atoms with Crippen molar-refractivity contribution in [3.05, 3.63) is 0 Å². The van der Waals surface area contributed by atoms with E-state index in [0.29, 0.717) is 0 Å². The first-order chi connectivity index (χ1) is 7.64. The van der Waals surface area contributed by atoms with Crippen molar-refractivity contribution in [3.8, 4) is 0 Å². The first kappa shape index (κ1) is 19.0. The van der Waals surface area contributed by atoms with E-state index in [9.17, 15) is 14.4 Å². The van der Waals surface area contributed by atoms with Gasteiger partial charge in [0.2, 0.25) is 11.8 Å². The molecule has 6 N–H and O–H groups in total. The fourth-order valence-electron chi connectivity index (χ4n) is 1.00. The van der Waals surface area contributed by atoms with Gasteiger partial charge in [-0.2, -0.15) is 0 Å². The predicted molar refractivity (Wildman–Crippen MR) is 70.0 cm³/mol. The highest BCUT2D eigenvalue weighted by molar-refractivity contribution is 5.93. The minimum absolute atomic E-state index is 0. The molecule has 0 aliphatic carbocycles. The molecule has 0 aliphatic rings. The minimum atomic E-state index is -0.910. The summed E-state index contributed by atoms with van der Waals surface area (Å²) in [4.78, 5) is 32.9. The van der Waals surface area contributed by atoms with Crippen LogP contribution in [0.4, 0.5) is 4.79 Å². The van der Waals surface area contributed by atoms with Gasteiger partial charge in [0.25, 0.3) is 0 Å². The van der Waals surface area contributed by atoms with E-state index in [2.05, 4.69) is 5.32 Å². The first-order valence-corrected chi connectivity index (χ1v) is 5.27. The van der Waals surface area contributed by atoms with Crippen molar-refractivity contribution in [2.75, 3.05) is 6.54 Å². The highest BCUT2D eigenvalue weighted by Crippen LogP contribution is 2.16. The molecule has 106 valence electrons. The van der Waals surface area contributed by atoms with Crippen molar-refractivity contribution in [1.82, 2.24) is 10.6 Å². The van der Waals surface area contributed by atoms with Crippen LogP contribution in [-0.2, 0) is 9.59 Å². The molecule has 0 saturated heterocycles. The Kier molecular flexibility index (Phi) is 8.33. The van der Waals surface area contributed by atoms with Gasteiger partial charge < -0.3 is 16.8 Å². The van der Waals surface area contributed by atoms with E-state index in [1.807, 2.05) is 26.1 Å². The molecule has 0 unspecified atom stereocenters. The molecule has 8 heteroatoms. The van der Waals surface area contributed by atoms with Crippen molar-refractivity contribution >= 4 is 30.3 Å². The number of imide groups is 1. The number of halogens is 1. The Hall–Kier alpha value is -1.34. The van der Waals surface area contributed by atoms with Gasteiger partial charge in [-0.3, -0.25) is 14.9 Å². The van der Waals surface area contributed by atoms with Gasteiger partial charge in [-0.25, -0.2) is 4.79 Å². The Bertz CT molecular complexity index is 315. The summed E-state index contributed by atoms with van der Waals surface area (Å²) in [5, 5.41) is 4.41. The van der Waals surface area contributed by atoms with E-state index in [0.717, 1.165) is 0 Å². The molecular formula is C10H21ClN4O3. The summed E-state index contributed by atoms with van der Waals surface area (Å²) < 4.78 is 0. The predicted octanol–water partition coefficient (Wildman–Crippen LogP) is -0.517. The molecule has 0 aliphatic heterocycles. The van der Waals surface area contributed by atoms with E-state index in [-0.39, 0.29) is 36.7 Å². The SMILES string of the molecule is CC(C)(C)[C@H](N)C(=O)NCCC(=O)NC(N)=O.Cl. The number of nitrogens with two attached hydrogens (primary N) is 2. The fourth-order valence-corrected chi connectivity index (χ4v) is 1.00. The van der Waals surface area contributed by atoms with Crippen LogP contribution in [-0.4, -0.2) is 30.4 Å². The lowest BCUT2D eigenvalue weighted by Gasteiger charge is -2.25. The van der Waals surface area contributed by atoms with Crippen LogP contribution in [0.25, 0.3) is 0 Å². The minimum Gasteiger partial charge on any atom is -0.354 e. The van der Waals surface area contributed by atoms with Crippen LogP contribution >= 0.6 is 12.4 Å². The number of carbonyl (C=O) groups excluding carboxylic acids is 3. The molecule has 0 heterocycles. The summed E-state index contributed by atoms with van der Waals surface area (Å²) in [6.45, 7) is 5.65. The smallest absolute Gasteiger partial charge is 0.318 e. The highest BCUT2D eigenvalue weighted by Gasteiger charge is 2.27. The summed E-state index contributed by atoms with van der Waals surface area (Å²) in [6, 6.07) is -1.56. The van der Waals surface area contributed by atoms with Gasteiger partial charge in [-0.1, -0.05) is 20.8 Å². The lowest BCUT2D eigenvalue weighted by atomic mass is 9.87. The first-order valence-electron chi connectivity index (χ1n) is 5.27. The molecule has 0 aromatic heterocycles. The topological polar surface area (TPSA) is 127 Å². The Balaban J connectivity index is 0. The lowest BCUT2D eigenvalue weighted by Crippen LogP contribution is -2.49. The third-order valence-electron chi connectivity index (χ3n) is 2.13. The second-order valence-corrected chi connectivity index (χ2v) is 4.80. The molecule has 0 bridgehead atoms. The Morgan fingerprint density at radius 1 is 1.22 bits per heavy atom. The quantitative estimate of drug-likeness (QED) is 0.552. The second kappa shape index (κ2) is 7.88. The number of amides is 4. The third kappa shape index (κ3) is 7.86. The lowest BCUT2D eigenvalue weighted by molar-refractivity contribution is -0.124. The Morgan fingerprint density at radius 2 is 1.72 bits per heavy atom. The van der Waals surface area contributed by atoms with Crippen LogP contribution in [0.5, 0.6) is 0 Å². The Labute approximate surface area is 112 Å². The number of hydrogen-bond acceptors (Lipinski definition) is 4. The molecule has 0 fully saturated rings. The zero-order valence-corrected chi connectivity index (χ0v) is 11.6. The van der Waals surface area contributed by atoms with E-state index in [1.165, 1.54) is 0 Å². The molecule has 0 aromatic rings. The Morgan fingerprint density at radius 3 is 2.11 bits per heavy atom. The number of urea groups is 1. The maximum absolute atomic E-state index is 11.5. The molecule has 7 nitrogen and oxygen atoms in total. The highest BCUT2D eigenvalue weighted by atomic mass is 35.5. The van der Waals surface area contributed by atoms with E-state index in [4.69, 9.17) is 11.5 Å². The monoisotopic (exact) mass is 280 g/mol. The number of rotatable bonds is 4. The van der Waals surface area contributed by atoms with Crippen LogP contribution in [0.3, 0.4) is 0 Å². The molecule has 0 radical (unpaired) electrons. The number of carbonyl (C=O) groups is 3. The summed E-state index contributed by atoms with van der Waals surface area (Å²) >= 11 is 0. The average Bonchev–Trinajstić information content (AvgIpc) is 2.13. The largest absolute Gasteiger partial charge is 0.354 e. The van der Waals surface area contributed by atoms with E-state index < -0.39 is 18.0 Å². The zero-order valence-electron chi connectivity index (χ0n) is 10.8. The normalized spacial score (nSPS) is 12.0. The van der Waals surface area contributed by atoms with E-state index >= 15 is 0 Å². The van der Waals surface area contributed by atoms with Crippen LogP contribution in [0.1, 0.15) is 27.2 Å². The summed E-state index contributed by atoms with van der Waals surface area (Å²) in [7, 11) is 0. The van der Waals surface area contributed by atoms with Gasteiger partial charge >= 0.3 is 6.03 Å². The number of nitrogens with one attached hydrogen (secondary N) is 2. The zero-order chi connectivity index (χ0) is 13.6. The van der Waals surface area contributed by atoms with Crippen LogP contribution in [0, 0.1) is 5.41 Å². The van der Waals surface area contributed by atoms with Gasteiger partial charge in [-0.15, -0.1) is 12.4 Å². The van der Waals surface area contributed by atoms with Crippen LogP contribution in [0.15, 0.2) is 0 Å². The standard InChI is InChI=1S/C10H20N4O3.ClH/c1-10(2,3)7(11)8(16)13-5-4-6(15)14-9(12)17;/h7H,4-5,11H2,1-3H3,(H,13,16)(H3,12,14,15,17);1H/t7-;/m1./s1. The van der Waals surface area contributed by atoms with Gasteiger partial charge in [0.05, 0.1) is 6.04 Å². The fraction of sp³-hybridized carbons (Fsp3) is 0.700. The van der Waals surface area contributed by atoms with Crippen molar-refractivity contribution in [1.29, 1.82) is 0 Å². The van der Waals surface area contributed by atoms with Crippen molar-refractivity contribution in [2.45, 2.75) is 33.2 Å². The van der Waals surface area contributed by atoms with Gasteiger partial charge in [0.15, 0.2) is 0 Å². The molecule has 18 heavy (non-hydrogen) atoms. The van der Waals surface area contributed by atoms with Crippen LogP contribution in [0.2, 0.25) is 0 Å². The third-order valence-corrected chi connectivity index (χ3v) is 2.13. The average molecular weight is 281 g/mol. The molecule has 0 saturated carbocycles. The maximum atomic E-state index is 11.5. The summed E-state index contributed by atoms with van der Waals surface area (Å²) in [6.07, 6.45) is -0.0223. The number of primary amides is 1. The van der Waals surface area contributed by atoms with Crippen LogP contribution < -0.4 is 22.1 Å². The molecule has 0 spiro atoms. The van der Waals surface area contributed by atoms with Crippen molar-refractivity contribution in [3.63, 3.8) is 0 Å². The second-order valence-electron chi connectivity index (χ2n) is 4.80. The molecule has 1 atom stereocenters. The maximum Gasteiger partial charge on any atom is 0.318 e. The summed E-state index contributed by atoms with van der Waals surface area (Å²) in [5.41, 5.74) is 10.1. The van der Waals surface area contributed by atoms with Gasteiger partial charge in [0.1, 0.15) is 0 Å². The summed E-state index contributed by atoms with van der Waals surface area (Å²) in [5.74, 6) is -0.869. The number of hydrogen-bond donors (Lipinski definition) is 4.